The zero-order chi connectivity index (χ0) is 22.5. The molecule has 0 unspecified atom stereocenters. The minimum absolute atomic E-state index is 0.0462. The lowest BCUT2D eigenvalue weighted by Crippen LogP contribution is -1.99. The average Bonchev–Trinajstić information content (AvgIpc) is 2.72. The van der Waals surface area contributed by atoms with Crippen molar-refractivity contribution in [1.29, 1.82) is 5.26 Å². The fraction of sp³-hybridized carbons (Fsp3) is 0.0455. The number of halogens is 4. The first-order chi connectivity index (χ1) is 14.8. The topological polar surface area (TPSA) is 76.2 Å². The van der Waals surface area contributed by atoms with Crippen LogP contribution in [-0.4, -0.2) is 4.92 Å². The summed E-state index contributed by atoms with van der Waals surface area (Å²) in [6.07, 6.45) is 1.66. The highest BCUT2D eigenvalue weighted by Crippen LogP contribution is 2.36. The van der Waals surface area contributed by atoms with Gasteiger partial charge in [-0.05, 0) is 64.0 Å². The molecule has 3 rings (SSSR count). The number of nitro groups is 1. The second-order valence-electron chi connectivity index (χ2n) is 6.30. The van der Waals surface area contributed by atoms with Crippen LogP contribution in [0.4, 0.5) is 5.69 Å². The third-order valence-corrected chi connectivity index (χ3v) is 5.87. The Bertz CT molecular complexity index is 1220. The van der Waals surface area contributed by atoms with Gasteiger partial charge in [-0.1, -0.05) is 45.2 Å². The molecule has 31 heavy (non-hydrogen) atoms. The third kappa shape index (κ3) is 5.86. The smallest absolute Gasteiger partial charge is 0.269 e. The predicted molar refractivity (Wildman–Crippen MR) is 129 cm³/mol. The number of nitriles is 1. The lowest BCUT2D eigenvalue weighted by Gasteiger charge is -2.14. The number of nitro benzene ring substituents is 1. The van der Waals surface area contributed by atoms with Gasteiger partial charge in [0.2, 0.25) is 0 Å². The zero-order valence-corrected chi connectivity index (χ0v) is 20.3. The number of hydrogen-bond acceptors (Lipinski definition) is 4. The monoisotopic (exact) mass is 580 g/mol. The first kappa shape index (κ1) is 23.3. The van der Waals surface area contributed by atoms with Crippen LogP contribution in [0.15, 0.2) is 63.5 Å². The van der Waals surface area contributed by atoms with E-state index in [1.165, 1.54) is 24.3 Å². The van der Waals surface area contributed by atoms with Gasteiger partial charge in [0.15, 0.2) is 0 Å². The summed E-state index contributed by atoms with van der Waals surface area (Å²) in [6.45, 7) is 0.191. The normalized spacial score (nSPS) is 11.1. The number of hydrogen-bond donors (Lipinski definition) is 0. The van der Waals surface area contributed by atoms with Crippen molar-refractivity contribution in [3.8, 4) is 11.8 Å². The summed E-state index contributed by atoms with van der Waals surface area (Å²) < 4.78 is 7.48. The fourth-order valence-electron chi connectivity index (χ4n) is 2.73. The molecule has 0 fully saturated rings. The third-order valence-electron chi connectivity index (χ3n) is 4.23. The molecule has 0 saturated heterocycles. The Balaban J connectivity index is 1.97. The molecule has 156 valence electrons. The van der Waals surface area contributed by atoms with Crippen molar-refractivity contribution in [3.63, 3.8) is 0 Å². The first-order valence-corrected chi connectivity index (χ1v) is 11.0. The van der Waals surface area contributed by atoms with Gasteiger partial charge >= 0.3 is 0 Å². The predicted octanol–water partition coefficient (Wildman–Crippen LogP) is 8.07. The van der Waals surface area contributed by atoms with Crippen LogP contribution in [0.2, 0.25) is 10.0 Å². The molecule has 0 radical (unpaired) electrons. The van der Waals surface area contributed by atoms with Gasteiger partial charge in [-0.3, -0.25) is 10.1 Å². The largest absolute Gasteiger partial charge is 0.487 e. The second kappa shape index (κ2) is 10.3. The summed E-state index contributed by atoms with van der Waals surface area (Å²) in [5.41, 5.74) is 2.23. The number of rotatable bonds is 6. The molecular formula is C22H12Br2Cl2N2O3. The molecule has 0 atom stereocenters. The van der Waals surface area contributed by atoms with E-state index in [9.17, 15) is 15.4 Å². The van der Waals surface area contributed by atoms with Gasteiger partial charge in [0.1, 0.15) is 12.4 Å². The molecule has 0 aliphatic heterocycles. The van der Waals surface area contributed by atoms with Gasteiger partial charge < -0.3 is 4.74 Å². The van der Waals surface area contributed by atoms with Gasteiger partial charge in [-0.2, -0.15) is 5.26 Å². The van der Waals surface area contributed by atoms with Gasteiger partial charge in [-0.15, -0.1) is 0 Å². The van der Waals surface area contributed by atoms with E-state index in [-0.39, 0.29) is 12.3 Å². The van der Waals surface area contributed by atoms with E-state index in [1.807, 2.05) is 12.1 Å². The van der Waals surface area contributed by atoms with Crippen LogP contribution in [0.3, 0.4) is 0 Å². The van der Waals surface area contributed by atoms with Crippen molar-refractivity contribution in [3.05, 3.63) is 100 Å². The Morgan fingerprint density at radius 1 is 1.13 bits per heavy atom. The van der Waals surface area contributed by atoms with E-state index in [4.69, 9.17) is 27.9 Å². The summed E-state index contributed by atoms with van der Waals surface area (Å²) in [5.74, 6) is 0.517. The van der Waals surface area contributed by atoms with Gasteiger partial charge in [0.25, 0.3) is 5.69 Å². The lowest BCUT2D eigenvalue weighted by molar-refractivity contribution is -0.384. The number of non-ortho nitro benzene ring substituents is 1. The molecule has 0 aromatic heterocycles. The molecule has 0 spiro atoms. The summed E-state index contributed by atoms with van der Waals surface area (Å²) in [5, 5.41) is 21.6. The summed E-state index contributed by atoms with van der Waals surface area (Å²) in [4.78, 5) is 10.4. The van der Waals surface area contributed by atoms with Crippen LogP contribution in [0.25, 0.3) is 11.6 Å². The molecule has 0 amide bonds. The molecular weight excluding hydrogens is 571 g/mol. The first-order valence-electron chi connectivity index (χ1n) is 8.71. The van der Waals surface area contributed by atoms with Gasteiger partial charge in [0, 0.05) is 37.8 Å². The average molecular weight is 583 g/mol. The molecule has 5 nitrogen and oxygen atoms in total. The Labute approximate surface area is 205 Å². The molecule has 0 heterocycles. The summed E-state index contributed by atoms with van der Waals surface area (Å²) >= 11 is 19.1. The SMILES string of the molecule is N#C/C(=C\c1cc(Br)cc(Br)c1OCc1ccc(Cl)cc1Cl)c1ccc([N+](=O)[O-])cc1. The van der Waals surface area contributed by atoms with E-state index in [1.54, 1.807) is 24.3 Å². The second-order valence-corrected chi connectivity index (χ2v) is 8.92. The number of allylic oxidation sites excluding steroid dienone is 1. The van der Waals surface area contributed by atoms with E-state index >= 15 is 0 Å². The molecule has 0 aliphatic carbocycles. The maximum atomic E-state index is 10.9. The van der Waals surface area contributed by atoms with Crippen LogP contribution < -0.4 is 4.74 Å². The highest BCUT2D eigenvalue weighted by Gasteiger charge is 2.13. The van der Waals surface area contributed by atoms with Crippen LogP contribution in [0, 0.1) is 21.4 Å². The molecule has 3 aromatic rings. The van der Waals surface area contributed by atoms with Gasteiger partial charge in [0.05, 0.1) is 21.0 Å². The maximum Gasteiger partial charge on any atom is 0.269 e. The summed E-state index contributed by atoms with van der Waals surface area (Å²) in [7, 11) is 0. The number of nitrogens with zero attached hydrogens (tertiary/aromatic N) is 2. The molecule has 0 bridgehead atoms. The summed E-state index contributed by atoms with van der Waals surface area (Å²) in [6, 6.07) is 16.7. The van der Waals surface area contributed by atoms with Crippen molar-refractivity contribution < 1.29 is 9.66 Å². The number of ether oxygens (including phenoxy) is 1. The van der Waals surface area contributed by atoms with Crippen LogP contribution in [0.1, 0.15) is 16.7 Å². The van der Waals surface area contributed by atoms with E-state index in [0.29, 0.717) is 37.0 Å². The minimum atomic E-state index is -0.487. The molecule has 9 heteroatoms. The van der Waals surface area contributed by atoms with E-state index in [2.05, 4.69) is 37.9 Å². The lowest BCUT2D eigenvalue weighted by atomic mass is 10.0. The molecule has 0 saturated carbocycles. The van der Waals surface area contributed by atoms with E-state index in [0.717, 1.165) is 10.0 Å². The Hall–Kier alpha value is -2.37. The Morgan fingerprint density at radius 2 is 1.84 bits per heavy atom. The van der Waals surface area contributed by atoms with Crippen molar-refractivity contribution in [1.82, 2.24) is 0 Å². The van der Waals surface area contributed by atoms with Gasteiger partial charge in [-0.25, -0.2) is 0 Å². The van der Waals surface area contributed by atoms with Crippen molar-refractivity contribution >= 4 is 72.4 Å². The molecule has 0 aliphatic rings. The molecule has 3 aromatic carbocycles. The highest BCUT2D eigenvalue weighted by molar-refractivity contribution is 9.11. The van der Waals surface area contributed by atoms with Crippen molar-refractivity contribution in [2.24, 2.45) is 0 Å². The molecule has 0 N–H and O–H groups in total. The number of benzene rings is 3. The quantitative estimate of drug-likeness (QED) is 0.127. The maximum absolute atomic E-state index is 10.9. The minimum Gasteiger partial charge on any atom is -0.487 e. The van der Waals surface area contributed by atoms with Crippen LogP contribution in [0.5, 0.6) is 5.75 Å². The fourth-order valence-corrected chi connectivity index (χ4v) is 4.56. The Kier molecular flexibility index (Phi) is 7.74. The zero-order valence-electron chi connectivity index (χ0n) is 15.6. The van der Waals surface area contributed by atoms with Crippen LogP contribution in [-0.2, 0) is 6.61 Å². The van der Waals surface area contributed by atoms with E-state index < -0.39 is 4.92 Å². The highest BCUT2D eigenvalue weighted by atomic mass is 79.9. The van der Waals surface area contributed by atoms with Crippen molar-refractivity contribution in [2.75, 3.05) is 0 Å². The standard InChI is InChI=1S/C22H12Br2Cl2N2O3/c23-17-8-15(7-16(11-27)13-2-5-19(6-3-13)28(29)30)22(20(24)9-17)31-12-14-1-4-18(25)10-21(14)26/h1-10H,12H2/b16-7+. The Morgan fingerprint density at radius 3 is 2.45 bits per heavy atom. The van der Waals surface area contributed by atoms with Crippen molar-refractivity contribution in [2.45, 2.75) is 6.61 Å². The van der Waals surface area contributed by atoms with Crippen LogP contribution >= 0.6 is 55.1 Å².